The third kappa shape index (κ3) is 1.68. The molecule has 0 aromatic carbocycles. The van der Waals surface area contributed by atoms with Crippen LogP contribution >= 0.6 is 0 Å². The molecule has 1 atom stereocenters. The van der Waals surface area contributed by atoms with Crippen molar-refractivity contribution in [1.29, 1.82) is 0 Å². The Bertz CT molecular complexity index is 134. The van der Waals surface area contributed by atoms with Gasteiger partial charge in [-0.25, -0.2) is 5.43 Å². The van der Waals surface area contributed by atoms with Crippen LogP contribution in [0.4, 0.5) is 0 Å². The van der Waals surface area contributed by atoms with Gasteiger partial charge in [0.1, 0.15) is 6.10 Å². The van der Waals surface area contributed by atoms with Gasteiger partial charge in [0.25, 0.3) is 5.91 Å². The maximum atomic E-state index is 10.8. The first-order chi connectivity index (χ1) is 4.75. The molecular weight excluding hydrogens is 132 g/mol. The number of aliphatic hydroxyl groups excluding tert-OH is 1. The number of amides is 1. The smallest absolute Gasteiger partial charge is 0.263 e. The Hall–Kier alpha value is -0.610. The molecule has 1 amide bonds. The Balaban J connectivity index is 2.24. The highest BCUT2D eigenvalue weighted by Gasteiger charge is 2.34. The van der Waals surface area contributed by atoms with Crippen molar-refractivity contribution in [3.63, 3.8) is 0 Å². The first-order valence-electron chi connectivity index (χ1n) is 3.40. The summed E-state index contributed by atoms with van der Waals surface area (Å²) in [5.41, 5.74) is 4.80. The van der Waals surface area contributed by atoms with Crippen molar-refractivity contribution in [2.45, 2.75) is 18.9 Å². The molecule has 1 aliphatic rings. The summed E-state index contributed by atoms with van der Waals surface area (Å²) in [7, 11) is 1.59. The van der Waals surface area contributed by atoms with Gasteiger partial charge in [-0.2, -0.15) is 0 Å². The van der Waals surface area contributed by atoms with Gasteiger partial charge in [0, 0.05) is 7.05 Å². The molecule has 0 radical (unpaired) electrons. The van der Waals surface area contributed by atoms with Gasteiger partial charge >= 0.3 is 0 Å². The highest BCUT2D eigenvalue weighted by molar-refractivity contribution is 5.80. The molecule has 1 aliphatic carbocycles. The van der Waals surface area contributed by atoms with Crippen molar-refractivity contribution >= 4 is 5.91 Å². The van der Waals surface area contributed by atoms with E-state index in [9.17, 15) is 4.79 Å². The summed E-state index contributed by atoms with van der Waals surface area (Å²) < 4.78 is 0. The number of carbonyl (C=O) groups excluding carboxylic acids is 1. The summed E-state index contributed by atoms with van der Waals surface area (Å²) in [6, 6.07) is 0. The molecule has 4 heteroatoms. The van der Waals surface area contributed by atoms with Crippen LogP contribution in [0.25, 0.3) is 0 Å². The van der Waals surface area contributed by atoms with E-state index in [1.165, 1.54) is 0 Å². The van der Waals surface area contributed by atoms with E-state index in [1.807, 2.05) is 0 Å². The maximum Gasteiger partial charge on any atom is 0.263 e. The Labute approximate surface area is 59.6 Å². The number of hydrazine groups is 1. The van der Waals surface area contributed by atoms with Crippen LogP contribution < -0.4 is 10.9 Å². The zero-order valence-electron chi connectivity index (χ0n) is 5.92. The minimum absolute atomic E-state index is 0.202. The quantitative estimate of drug-likeness (QED) is 0.446. The molecule has 10 heavy (non-hydrogen) atoms. The van der Waals surface area contributed by atoms with Crippen molar-refractivity contribution in [3.05, 3.63) is 0 Å². The lowest BCUT2D eigenvalue weighted by Crippen LogP contribution is -2.42. The van der Waals surface area contributed by atoms with E-state index in [0.717, 1.165) is 12.8 Å². The minimum atomic E-state index is -0.813. The Morgan fingerprint density at radius 1 is 1.70 bits per heavy atom. The third-order valence-electron chi connectivity index (χ3n) is 1.59. The van der Waals surface area contributed by atoms with E-state index in [4.69, 9.17) is 5.11 Å². The summed E-state index contributed by atoms with van der Waals surface area (Å²) in [5, 5.41) is 9.14. The molecule has 1 rings (SSSR count). The molecule has 0 aromatic rings. The van der Waals surface area contributed by atoms with Gasteiger partial charge in [0.2, 0.25) is 0 Å². The average Bonchev–Trinajstić information content (AvgIpc) is 2.68. The zero-order chi connectivity index (χ0) is 7.56. The van der Waals surface area contributed by atoms with E-state index in [1.54, 1.807) is 7.05 Å². The summed E-state index contributed by atoms with van der Waals surface area (Å²) in [6.07, 6.45) is 1.13. The van der Waals surface area contributed by atoms with Crippen LogP contribution in [0, 0.1) is 5.92 Å². The van der Waals surface area contributed by atoms with Gasteiger partial charge in [-0.05, 0) is 18.8 Å². The standard InChI is InChI=1S/C6H12N2O2/c1-7-8-6(10)5(9)4-2-3-4/h4-5,7,9H,2-3H2,1H3,(H,8,10)/t5-/m0/s1. The Kier molecular flexibility index (Phi) is 2.24. The molecule has 0 aromatic heterocycles. The van der Waals surface area contributed by atoms with Crippen molar-refractivity contribution < 1.29 is 9.90 Å². The molecule has 0 aliphatic heterocycles. The molecule has 3 N–H and O–H groups in total. The van der Waals surface area contributed by atoms with Crippen LogP contribution in [0.5, 0.6) is 0 Å². The van der Waals surface area contributed by atoms with E-state index in [0.29, 0.717) is 0 Å². The van der Waals surface area contributed by atoms with Crippen molar-refractivity contribution in [1.82, 2.24) is 10.9 Å². The van der Waals surface area contributed by atoms with Gasteiger partial charge in [0.05, 0.1) is 0 Å². The molecule has 0 spiro atoms. The topological polar surface area (TPSA) is 61.4 Å². The summed E-state index contributed by atoms with van der Waals surface area (Å²) >= 11 is 0. The number of hydrogen-bond donors (Lipinski definition) is 3. The summed E-state index contributed by atoms with van der Waals surface area (Å²) in [5.74, 6) is -0.127. The first-order valence-corrected chi connectivity index (χ1v) is 3.40. The van der Waals surface area contributed by atoms with Gasteiger partial charge in [-0.3, -0.25) is 10.2 Å². The fourth-order valence-electron chi connectivity index (χ4n) is 0.823. The van der Waals surface area contributed by atoms with E-state index in [-0.39, 0.29) is 11.8 Å². The molecule has 58 valence electrons. The van der Waals surface area contributed by atoms with Crippen LogP contribution in [-0.2, 0) is 4.79 Å². The molecule has 1 fully saturated rings. The van der Waals surface area contributed by atoms with E-state index < -0.39 is 6.10 Å². The Morgan fingerprint density at radius 2 is 2.30 bits per heavy atom. The zero-order valence-corrected chi connectivity index (χ0v) is 5.92. The number of aliphatic hydroxyl groups is 1. The molecule has 0 bridgehead atoms. The van der Waals surface area contributed by atoms with Crippen LogP contribution in [0.3, 0.4) is 0 Å². The molecule has 4 nitrogen and oxygen atoms in total. The van der Waals surface area contributed by atoms with Gasteiger partial charge in [0.15, 0.2) is 0 Å². The molecule has 0 heterocycles. The summed E-state index contributed by atoms with van der Waals surface area (Å²) in [4.78, 5) is 10.8. The van der Waals surface area contributed by atoms with E-state index in [2.05, 4.69) is 10.9 Å². The van der Waals surface area contributed by atoms with Crippen LogP contribution in [0.2, 0.25) is 0 Å². The molecule has 1 saturated carbocycles. The van der Waals surface area contributed by atoms with Crippen LogP contribution in [-0.4, -0.2) is 24.2 Å². The minimum Gasteiger partial charge on any atom is -0.383 e. The lowest BCUT2D eigenvalue weighted by Gasteiger charge is -2.07. The number of rotatable bonds is 3. The monoisotopic (exact) mass is 144 g/mol. The second kappa shape index (κ2) is 2.98. The molecular formula is C6H12N2O2. The number of hydrogen-bond acceptors (Lipinski definition) is 3. The van der Waals surface area contributed by atoms with E-state index >= 15 is 0 Å². The lowest BCUT2D eigenvalue weighted by molar-refractivity contribution is -0.131. The third-order valence-corrected chi connectivity index (χ3v) is 1.59. The van der Waals surface area contributed by atoms with Gasteiger partial charge < -0.3 is 5.11 Å². The highest BCUT2D eigenvalue weighted by Crippen LogP contribution is 2.32. The average molecular weight is 144 g/mol. The first kappa shape index (κ1) is 7.50. The largest absolute Gasteiger partial charge is 0.383 e. The van der Waals surface area contributed by atoms with Crippen molar-refractivity contribution in [2.24, 2.45) is 5.92 Å². The predicted octanol–water partition coefficient (Wildman–Crippen LogP) is -0.992. The second-order valence-corrected chi connectivity index (χ2v) is 2.52. The van der Waals surface area contributed by atoms with Crippen molar-refractivity contribution in [2.75, 3.05) is 7.05 Å². The van der Waals surface area contributed by atoms with Gasteiger partial charge in [-0.1, -0.05) is 0 Å². The van der Waals surface area contributed by atoms with Gasteiger partial charge in [-0.15, -0.1) is 0 Å². The van der Waals surface area contributed by atoms with Crippen LogP contribution in [0.15, 0.2) is 0 Å². The number of nitrogens with one attached hydrogen (secondary N) is 2. The maximum absolute atomic E-state index is 10.8. The lowest BCUT2D eigenvalue weighted by atomic mass is 10.2. The Morgan fingerprint density at radius 3 is 2.70 bits per heavy atom. The molecule has 0 unspecified atom stereocenters. The fraction of sp³-hybridized carbons (Fsp3) is 0.833. The molecule has 0 saturated heterocycles. The fourth-order valence-corrected chi connectivity index (χ4v) is 0.823. The predicted molar refractivity (Wildman–Crippen MR) is 35.9 cm³/mol. The van der Waals surface area contributed by atoms with Crippen LogP contribution in [0.1, 0.15) is 12.8 Å². The summed E-state index contributed by atoms with van der Waals surface area (Å²) in [6.45, 7) is 0. The second-order valence-electron chi connectivity index (χ2n) is 2.52. The number of carbonyl (C=O) groups is 1. The normalized spacial score (nSPS) is 20.2. The van der Waals surface area contributed by atoms with Crippen molar-refractivity contribution in [3.8, 4) is 0 Å². The highest BCUT2D eigenvalue weighted by atomic mass is 16.3. The SMILES string of the molecule is CNNC(=O)[C@@H](O)C1CC1.